The van der Waals surface area contributed by atoms with E-state index in [1.165, 1.54) is 11.1 Å². The normalized spacial score (nSPS) is 11.2. The SMILES string of the molecule is N=C(N)c1ccc(CCCN=C(N)NCCCc2ccc(C(=N)N)cc2)cc1. The highest BCUT2D eigenvalue weighted by atomic mass is 15.1. The third kappa shape index (κ3) is 7.11. The molecule has 0 bridgehead atoms. The monoisotopic (exact) mass is 379 g/mol. The first-order valence-electron chi connectivity index (χ1n) is 9.36. The quantitative estimate of drug-likeness (QED) is 0.212. The molecule has 0 aliphatic carbocycles. The number of amidine groups is 2. The fourth-order valence-corrected chi connectivity index (χ4v) is 2.75. The second-order valence-electron chi connectivity index (χ2n) is 6.62. The predicted octanol–water partition coefficient (Wildman–Crippen LogP) is 1.72. The summed E-state index contributed by atoms with van der Waals surface area (Å²) in [5, 5.41) is 17.9. The number of nitrogens with two attached hydrogens (primary N) is 3. The Morgan fingerprint density at radius 1 is 0.750 bits per heavy atom. The molecule has 0 saturated carbocycles. The second kappa shape index (κ2) is 10.7. The van der Waals surface area contributed by atoms with Crippen molar-refractivity contribution in [2.24, 2.45) is 22.2 Å². The number of hydrogen-bond acceptors (Lipinski definition) is 3. The van der Waals surface area contributed by atoms with Crippen molar-refractivity contribution in [3.05, 3.63) is 70.8 Å². The second-order valence-corrected chi connectivity index (χ2v) is 6.62. The van der Waals surface area contributed by atoms with Gasteiger partial charge in [0.25, 0.3) is 0 Å². The topological polar surface area (TPSA) is 150 Å². The minimum atomic E-state index is 0.0862. The minimum Gasteiger partial charge on any atom is -0.384 e. The molecule has 0 fully saturated rings. The summed E-state index contributed by atoms with van der Waals surface area (Å²) in [6.07, 6.45) is 3.68. The first-order valence-corrected chi connectivity index (χ1v) is 9.36. The Morgan fingerprint density at radius 3 is 1.68 bits per heavy atom. The fourth-order valence-electron chi connectivity index (χ4n) is 2.75. The Labute approximate surface area is 166 Å². The van der Waals surface area contributed by atoms with Crippen LogP contribution >= 0.6 is 0 Å². The van der Waals surface area contributed by atoms with Gasteiger partial charge >= 0.3 is 0 Å². The molecule has 9 N–H and O–H groups in total. The molecule has 0 saturated heterocycles. The van der Waals surface area contributed by atoms with Gasteiger partial charge in [-0.05, 0) is 36.8 Å². The van der Waals surface area contributed by atoms with Crippen LogP contribution in [0.1, 0.15) is 35.1 Å². The lowest BCUT2D eigenvalue weighted by Crippen LogP contribution is -2.32. The van der Waals surface area contributed by atoms with Crippen molar-refractivity contribution in [1.82, 2.24) is 5.32 Å². The molecule has 7 nitrogen and oxygen atoms in total. The van der Waals surface area contributed by atoms with Gasteiger partial charge in [0.1, 0.15) is 11.7 Å². The number of rotatable bonds is 10. The van der Waals surface area contributed by atoms with Gasteiger partial charge in [0, 0.05) is 24.2 Å². The highest BCUT2D eigenvalue weighted by Crippen LogP contribution is 2.07. The number of nitrogen functional groups attached to an aromatic ring is 2. The lowest BCUT2D eigenvalue weighted by Gasteiger charge is -2.07. The van der Waals surface area contributed by atoms with Crippen molar-refractivity contribution >= 4 is 17.6 Å². The number of nitrogens with one attached hydrogen (secondary N) is 3. The van der Waals surface area contributed by atoms with Crippen LogP contribution in [-0.4, -0.2) is 30.7 Å². The van der Waals surface area contributed by atoms with E-state index in [-0.39, 0.29) is 11.7 Å². The van der Waals surface area contributed by atoms with Crippen LogP contribution in [0.5, 0.6) is 0 Å². The summed E-state index contributed by atoms with van der Waals surface area (Å²) >= 11 is 0. The van der Waals surface area contributed by atoms with Crippen LogP contribution in [0.3, 0.4) is 0 Å². The van der Waals surface area contributed by atoms with Crippen molar-refractivity contribution in [1.29, 1.82) is 10.8 Å². The number of benzene rings is 2. The molecule has 0 aliphatic heterocycles. The van der Waals surface area contributed by atoms with Gasteiger partial charge < -0.3 is 22.5 Å². The molecule has 2 aromatic rings. The molecule has 0 atom stereocenters. The van der Waals surface area contributed by atoms with Crippen LogP contribution < -0.4 is 22.5 Å². The number of guanidine groups is 1. The molecule has 0 unspecified atom stereocenters. The van der Waals surface area contributed by atoms with E-state index in [1.807, 2.05) is 48.5 Å². The summed E-state index contributed by atoms with van der Waals surface area (Å²) < 4.78 is 0. The van der Waals surface area contributed by atoms with Gasteiger partial charge in [0.2, 0.25) is 0 Å². The molecule has 0 amide bonds. The first-order chi connectivity index (χ1) is 13.5. The van der Waals surface area contributed by atoms with E-state index in [1.54, 1.807) is 0 Å². The number of aryl methyl sites for hydroxylation is 2. The highest BCUT2D eigenvalue weighted by molar-refractivity contribution is 5.95. The Bertz CT molecular complexity index is 808. The fraction of sp³-hybridized carbons (Fsp3) is 0.286. The molecule has 0 aromatic heterocycles. The largest absolute Gasteiger partial charge is 0.384 e. The number of nitrogens with zero attached hydrogens (tertiary/aromatic N) is 1. The van der Waals surface area contributed by atoms with Gasteiger partial charge in [-0.1, -0.05) is 48.5 Å². The summed E-state index contributed by atoms with van der Waals surface area (Å²) in [4.78, 5) is 4.35. The molecule has 7 heteroatoms. The van der Waals surface area contributed by atoms with Gasteiger partial charge in [-0.3, -0.25) is 15.8 Å². The van der Waals surface area contributed by atoms with Gasteiger partial charge in [0.15, 0.2) is 5.96 Å². The Morgan fingerprint density at radius 2 is 1.21 bits per heavy atom. The van der Waals surface area contributed by atoms with Crippen LogP contribution in [0.4, 0.5) is 0 Å². The lowest BCUT2D eigenvalue weighted by molar-refractivity contribution is 0.759. The molecule has 0 aliphatic rings. The molecular formula is C21H29N7. The van der Waals surface area contributed by atoms with E-state index in [0.717, 1.165) is 43.4 Å². The maximum atomic E-state index is 7.39. The lowest BCUT2D eigenvalue weighted by atomic mass is 10.1. The maximum absolute atomic E-state index is 7.39. The van der Waals surface area contributed by atoms with Gasteiger partial charge in [-0.25, -0.2) is 0 Å². The first kappa shape index (κ1) is 21.0. The van der Waals surface area contributed by atoms with E-state index in [0.29, 0.717) is 12.5 Å². The van der Waals surface area contributed by atoms with E-state index in [2.05, 4.69) is 10.3 Å². The zero-order valence-corrected chi connectivity index (χ0v) is 16.0. The van der Waals surface area contributed by atoms with Crippen molar-refractivity contribution in [3.8, 4) is 0 Å². The summed E-state index contributed by atoms with van der Waals surface area (Å²) in [7, 11) is 0. The molecule has 148 valence electrons. The molecule has 0 spiro atoms. The van der Waals surface area contributed by atoms with E-state index in [9.17, 15) is 0 Å². The third-order valence-electron chi connectivity index (χ3n) is 4.38. The average molecular weight is 380 g/mol. The molecule has 2 rings (SSSR count). The average Bonchev–Trinajstić information content (AvgIpc) is 2.69. The van der Waals surface area contributed by atoms with Gasteiger partial charge in [0.05, 0.1) is 0 Å². The third-order valence-corrected chi connectivity index (χ3v) is 4.38. The highest BCUT2D eigenvalue weighted by Gasteiger charge is 1.99. The standard InChI is InChI=1S/C21H29N7/c22-19(23)17-9-5-15(6-10-17)3-1-13-27-21(26)28-14-2-4-16-7-11-18(12-8-16)20(24)25/h5-12H,1-4,13-14H2,(H3,22,23)(H3,24,25)(H3,26,27,28). The zero-order valence-electron chi connectivity index (χ0n) is 16.0. The summed E-state index contributed by atoms with van der Waals surface area (Å²) in [5.74, 6) is 0.646. The number of hydrogen-bond donors (Lipinski definition) is 6. The van der Waals surface area contributed by atoms with Crippen molar-refractivity contribution in [2.75, 3.05) is 13.1 Å². The summed E-state index contributed by atoms with van der Waals surface area (Å²) in [5.41, 5.74) is 20.7. The predicted molar refractivity (Wildman–Crippen MR) is 116 cm³/mol. The van der Waals surface area contributed by atoms with Crippen LogP contribution in [0.2, 0.25) is 0 Å². The van der Waals surface area contributed by atoms with E-state index < -0.39 is 0 Å². The maximum Gasteiger partial charge on any atom is 0.188 e. The van der Waals surface area contributed by atoms with Crippen LogP contribution in [0, 0.1) is 10.8 Å². The van der Waals surface area contributed by atoms with Crippen molar-refractivity contribution < 1.29 is 0 Å². The molecule has 0 heterocycles. The van der Waals surface area contributed by atoms with Gasteiger partial charge in [-0.15, -0.1) is 0 Å². The van der Waals surface area contributed by atoms with Crippen molar-refractivity contribution in [2.45, 2.75) is 25.7 Å². The van der Waals surface area contributed by atoms with Gasteiger partial charge in [-0.2, -0.15) is 0 Å². The molecule has 2 aromatic carbocycles. The number of aliphatic imine (C=N–C) groups is 1. The van der Waals surface area contributed by atoms with E-state index >= 15 is 0 Å². The van der Waals surface area contributed by atoms with Crippen LogP contribution in [0.25, 0.3) is 0 Å². The van der Waals surface area contributed by atoms with Crippen LogP contribution in [0.15, 0.2) is 53.5 Å². The Kier molecular flexibility index (Phi) is 8.02. The minimum absolute atomic E-state index is 0.0862. The van der Waals surface area contributed by atoms with Crippen molar-refractivity contribution in [3.63, 3.8) is 0 Å². The molecule has 28 heavy (non-hydrogen) atoms. The van der Waals surface area contributed by atoms with E-state index in [4.69, 9.17) is 28.0 Å². The summed E-state index contributed by atoms with van der Waals surface area (Å²) in [6.45, 7) is 1.43. The zero-order chi connectivity index (χ0) is 20.4. The Hall–Kier alpha value is -3.35. The van der Waals surface area contributed by atoms with Crippen LogP contribution in [-0.2, 0) is 12.8 Å². The Balaban J connectivity index is 1.62. The summed E-state index contributed by atoms with van der Waals surface area (Å²) in [6, 6.07) is 15.4. The molecule has 0 radical (unpaired) electrons. The smallest absolute Gasteiger partial charge is 0.188 e. The molecular weight excluding hydrogens is 350 g/mol.